The number of amides is 1. The van der Waals surface area contributed by atoms with Gasteiger partial charge in [-0.2, -0.15) is 5.26 Å². The van der Waals surface area contributed by atoms with Crippen molar-refractivity contribution in [2.45, 2.75) is 23.7 Å². The molecule has 0 N–H and O–H groups in total. The Morgan fingerprint density at radius 2 is 2.25 bits per heavy atom. The molecule has 0 bridgehead atoms. The second-order valence-electron chi connectivity index (χ2n) is 4.96. The number of carbonyl (C=O) groups excluding carboxylic acids is 1. The Kier molecular flexibility index (Phi) is 8.75. The van der Waals surface area contributed by atoms with E-state index in [1.807, 2.05) is 28.7 Å². The van der Waals surface area contributed by atoms with Crippen molar-refractivity contribution in [1.29, 1.82) is 5.26 Å². The summed E-state index contributed by atoms with van der Waals surface area (Å²) in [6.45, 7) is 1.08. The number of halogens is 3. The molecule has 125 valence electrons. The standard InChI is InChI=1S/C16H14F2IN2O2.Y/c1-10-8-11(23-7-6-20)2-3-12(10)14-5-4-13(19)16(22)21(14)9-15(17)18;/h2-3,8,13,15H,4,7,9H2,1H3;/q-1;. The van der Waals surface area contributed by atoms with Crippen LogP contribution in [0.15, 0.2) is 18.2 Å². The van der Waals surface area contributed by atoms with Gasteiger partial charge in [-0.25, -0.2) is 14.9 Å². The minimum atomic E-state index is -2.61. The molecule has 0 spiro atoms. The molecule has 1 radical (unpaired) electrons. The van der Waals surface area contributed by atoms with Crippen LogP contribution in [0.3, 0.4) is 0 Å². The van der Waals surface area contributed by atoms with Crippen molar-refractivity contribution >= 4 is 34.2 Å². The maximum Gasteiger partial charge on any atom is 0.256 e. The van der Waals surface area contributed by atoms with Crippen LogP contribution in [0, 0.1) is 24.3 Å². The van der Waals surface area contributed by atoms with Crippen LogP contribution in [0.25, 0.3) is 5.70 Å². The van der Waals surface area contributed by atoms with Gasteiger partial charge in [-0.1, -0.05) is 35.9 Å². The summed E-state index contributed by atoms with van der Waals surface area (Å²) >= 11 is 1.94. The third kappa shape index (κ3) is 5.20. The fourth-order valence-corrected chi connectivity index (χ4v) is 2.87. The number of carbonyl (C=O) groups is 1. The molecule has 1 aliphatic heterocycles. The summed E-state index contributed by atoms with van der Waals surface area (Å²) in [6, 6.07) is 6.93. The van der Waals surface area contributed by atoms with E-state index < -0.39 is 13.0 Å². The average molecular weight is 520 g/mol. The summed E-state index contributed by atoms with van der Waals surface area (Å²) in [7, 11) is 0. The number of hydrogen-bond acceptors (Lipinski definition) is 3. The summed E-state index contributed by atoms with van der Waals surface area (Å²) < 4.78 is 30.5. The van der Waals surface area contributed by atoms with Gasteiger partial charge >= 0.3 is 0 Å². The minimum absolute atomic E-state index is 0. The van der Waals surface area contributed by atoms with Gasteiger partial charge in [0.15, 0.2) is 6.61 Å². The Hall–Kier alpha value is -0.586. The van der Waals surface area contributed by atoms with Gasteiger partial charge in [0.25, 0.3) is 6.43 Å². The van der Waals surface area contributed by atoms with E-state index in [0.29, 0.717) is 23.4 Å². The van der Waals surface area contributed by atoms with Crippen molar-refractivity contribution < 1.29 is 51.0 Å². The summed E-state index contributed by atoms with van der Waals surface area (Å²) in [4.78, 5) is 13.3. The Morgan fingerprint density at radius 3 is 2.83 bits per heavy atom. The number of aryl methyl sites for hydroxylation is 1. The van der Waals surface area contributed by atoms with E-state index in [4.69, 9.17) is 10.00 Å². The van der Waals surface area contributed by atoms with Gasteiger partial charge in [-0.05, 0) is 12.1 Å². The van der Waals surface area contributed by atoms with Crippen molar-refractivity contribution in [3.63, 3.8) is 0 Å². The van der Waals surface area contributed by atoms with Crippen molar-refractivity contribution in [2.75, 3.05) is 13.2 Å². The summed E-state index contributed by atoms with van der Waals surface area (Å²) in [5.74, 6) is 0.187. The van der Waals surface area contributed by atoms with E-state index in [1.165, 1.54) is 0 Å². The largest absolute Gasteiger partial charge is 0.479 e. The normalized spacial score (nSPS) is 17.2. The quantitative estimate of drug-likeness (QED) is 0.340. The zero-order valence-electron chi connectivity index (χ0n) is 12.9. The molecule has 0 aliphatic carbocycles. The Bertz CT molecular complexity index is 677. The number of rotatable bonds is 5. The first-order valence-corrected chi connectivity index (χ1v) is 8.13. The molecule has 1 aromatic carbocycles. The van der Waals surface area contributed by atoms with Crippen molar-refractivity contribution in [2.24, 2.45) is 0 Å². The second-order valence-corrected chi connectivity index (χ2v) is 6.46. The van der Waals surface area contributed by atoms with Gasteiger partial charge in [-0.3, -0.25) is 4.79 Å². The molecule has 2 rings (SSSR count). The third-order valence-corrected chi connectivity index (χ3v) is 4.30. The van der Waals surface area contributed by atoms with Gasteiger partial charge in [0.2, 0.25) is 5.91 Å². The second kappa shape index (κ2) is 9.78. The summed E-state index contributed by atoms with van der Waals surface area (Å²) in [5.41, 5.74) is 1.81. The van der Waals surface area contributed by atoms with Crippen LogP contribution in [0.4, 0.5) is 8.78 Å². The van der Waals surface area contributed by atoms with E-state index in [9.17, 15) is 13.6 Å². The average Bonchev–Trinajstić information content (AvgIpc) is 2.50. The van der Waals surface area contributed by atoms with Gasteiger partial charge in [-0.15, -0.1) is 22.9 Å². The zero-order chi connectivity index (χ0) is 17.0. The molecule has 1 heterocycles. The van der Waals surface area contributed by atoms with Gasteiger partial charge in [0.1, 0.15) is 11.8 Å². The fourth-order valence-electron chi connectivity index (χ4n) is 2.32. The molecular formula is C16H14F2IN2O2Y-. The van der Waals surface area contributed by atoms with Crippen LogP contribution in [0.2, 0.25) is 0 Å². The van der Waals surface area contributed by atoms with Crippen LogP contribution in [-0.4, -0.2) is 34.3 Å². The number of hydrogen-bond donors (Lipinski definition) is 0. The Morgan fingerprint density at radius 1 is 1.54 bits per heavy atom. The first kappa shape index (κ1) is 21.5. The predicted molar refractivity (Wildman–Crippen MR) is 89.1 cm³/mol. The minimum Gasteiger partial charge on any atom is -0.479 e. The molecule has 0 fully saturated rings. The monoisotopic (exact) mass is 520 g/mol. The molecule has 1 unspecified atom stereocenters. The number of allylic oxidation sites excluding steroid dienone is 1. The molecule has 0 saturated carbocycles. The SMILES string of the molecule is Cc1cc(OCC#N)ccc1C1=[C-]CC(I)C(=O)N1CC(F)F.[Y]. The van der Waals surface area contributed by atoms with E-state index in [2.05, 4.69) is 6.08 Å². The van der Waals surface area contributed by atoms with Crippen LogP contribution in [0.5, 0.6) is 5.75 Å². The first-order valence-electron chi connectivity index (χ1n) is 6.89. The summed E-state index contributed by atoms with van der Waals surface area (Å²) in [6.07, 6.45) is 0.837. The topological polar surface area (TPSA) is 53.3 Å². The fraction of sp³-hybridized carbons (Fsp3) is 0.375. The maximum absolute atomic E-state index is 12.8. The van der Waals surface area contributed by atoms with Gasteiger partial charge < -0.3 is 9.64 Å². The number of benzene rings is 1. The molecule has 1 atom stereocenters. The van der Waals surface area contributed by atoms with Crippen molar-refractivity contribution in [3.05, 3.63) is 35.4 Å². The number of nitrogens with zero attached hydrogens (tertiary/aromatic N) is 2. The van der Waals surface area contributed by atoms with Crippen molar-refractivity contribution in [1.82, 2.24) is 4.90 Å². The molecule has 4 nitrogen and oxygen atoms in total. The third-order valence-electron chi connectivity index (χ3n) is 3.33. The van der Waals surface area contributed by atoms with E-state index in [1.54, 1.807) is 25.1 Å². The van der Waals surface area contributed by atoms with Crippen LogP contribution >= 0.6 is 22.6 Å². The Labute approximate surface area is 178 Å². The molecule has 0 saturated heterocycles. The number of nitriles is 1. The predicted octanol–water partition coefficient (Wildman–Crippen LogP) is 3.34. The van der Waals surface area contributed by atoms with Crippen LogP contribution in [0.1, 0.15) is 17.5 Å². The van der Waals surface area contributed by atoms with Crippen molar-refractivity contribution in [3.8, 4) is 11.8 Å². The summed E-state index contributed by atoms with van der Waals surface area (Å²) in [5, 5.41) is 8.52. The van der Waals surface area contributed by atoms with E-state index in [-0.39, 0.29) is 49.1 Å². The Balaban J connectivity index is 0.00000288. The zero-order valence-corrected chi connectivity index (χ0v) is 17.9. The molecule has 1 aliphatic rings. The van der Waals surface area contributed by atoms with E-state index >= 15 is 0 Å². The van der Waals surface area contributed by atoms with Gasteiger partial charge in [0.05, 0.1) is 10.5 Å². The first-order chi connectivity index (χ1) is 10.9. The van der Waals surface area contributed by atoms with Crippen LogP contribution in [-0.2, 0) is 37.5 Å². The number of ether oxygens (including phenoxy) is 1. The molecular weight excluding hydrogens is 506 g/mol. The molecule has 1 amide bonds. The smallest absolute Gasteiger partial charge is 0.256 e. The van der Waals surface area contributed by atoms with Crippen LogP contribution < -0.4 is 4.74 Å². The number of alkyl halides is 3. The molecule has 24 heavy (non-hydrogen) atoms. The van der Waals surface area contributed by atoms with E-state index in [0.717, 1.165) is 10.5 Å². The van der Waals surface area contributed by atoms with Gasteiger partial charge in [0, 0.05) is 32.7 Å². The molecule has 0 aromatic heterocycles. The maximum atomic E-state index is 12.8. The molecule has 1 aromatic rings. The molecule has 8 heteroatoms.